The maximum Gasteiger partial charge on any atom is 0.267 e. The molecule has 8 heteroatoms. The second-order valence-corrected chi connectivity index (χ2v) is 4.54. The fourth-order valence-corrected chi connectivity index (χ4v) is 1.59. The molecule has 0 radical (unpaired) electrons. The topological polar surface area (TPSA) is 93.0 Å². The predicted molar refractivity (Wildman–Crippen MR) is 76.7 cm³/mol. The van der Waals surface area contributed by atoms with Gasteiger partial charge in [-0.1, -0.05) is 0 Å². The van der Waals surface area contributed by atoms with Gasteiger partial charge in [0.15, 0.2) is 0 Å². The Hall–Kier alpha value is -2.77. The van der Waals surface area contributed by atoms with Gasteiger partial charge in [-0.15, -0.1) is 0 Å². The first-order chi connectivity index (χ1) is 10.1. The van der Waals surface area contributed by atoms with E-state index in [1.807, 2.05) is 14.1 Å². The molecule has 2 heterocycles. The summed E-state index contributed by atoms with van der Waals surface area (Å²) in [6, 6.07) is 4.61. The largest absolute Gasteiger partial charge is 0.349 e. The molecule has 0 bridgehead atoms. The van der Waals surface area contributed by atoms with Crippen molar-refractivity contribution < 1.29 is 4.79 Å². The number of nitrogens with zero attached hydrogens (tertiary/aromatic N) is 5. The number of nitrogens with one attached hydrogen (secondary N) is 1. The SMILES string of the molecule is CN(C)c1nccc(CNC(=O)Cn2ncccc2=O)n1. The Morgan fingerprint density at radius 3 is 2.86 bits per heavy atom. The van der Waals surface area contributed by atoms with Crippen LogP contribution in [0.1, 0.15) is 5.69 Å². The standard InChI is InChI=1S/C13H16N6O2/c1-18(2)13-14-7-5-10(17-13)8-15-11(20)9-19-12(21)4-3-6-16-19/h3-7H,8-9H2,1-2H3,(H,15,20). The van der Waals surface area contributed by atoms with E-state index in [0.717, 1.165) is 4.68 Å². The first kappa shape index (κ1) is 14.6. The molecule has 8 nitrogen and oxygen atoms in total. The number of anilines is 1. The van der Waals surface area contributed by atoms with Gasteiger partial charge in [0.25, 0.3) is 5.56 Å². The lowest BCUT2D eigenvalue weighted by atomic mass is 10.4. The van der Waals surface area contributed by atoms with Crippen molar-refractivity contribution in [1.29, 1.82) is 0 Å². The van der Waals surface area contributed by atoms with E-state index >= 15 is 0 Å². The fourth-order valence-electron chi connectivity index (χ4n) is 1.59. The molecule has 0 aliphatic heterocycles. The lowest BCUT2D eigenvalue weighted by molar-refractivity contribution is -0.122. The van der Waals surface area contributed by atoms with Crippen molar-refractivity contribution in [2.75, 3.05) is 19.0 Å². The van der Waals surface area contributed by atoms with E-state index in [4.69, 9.17) is 0 Å². The van der Waals surface area contributed by atoms with Crippen molar-refractivity contribution in [3.8, 4) is 0 Å². The van der Waals surface area contributed by atoms with Gasteiger partial charge in [0.05, 0.1) is 12.2 Å². The number of aromatic nitrogens is 4. The van der Waals surface area contributed by atoms with Crippen LogP contribution in [0, 0.1) is 0 Å². The summed E-state index contributed by atoms with van der Waals surface area (Å²) in [5, 5.41) is 6.51. The smallest absolute Gasteiger partial charge is 0.267 e. The summed E-state index contributed by atoms with van der Waals surface area (Å²) in [6.07, 6.45) is 3.09. The number of hydrogen-bond donors (Lipinski definition) is 1. The van der Waals surface area contributed by atoms with Crippen LogP contribution in [-0.2, 0) is 17.9 Å². The first-order valence-electron chi connectivity index (χ1n) is 6.34. The van der Waals surface area contributed by atoms with E-state index in [0.29, 0.717) is 11.6 Å². The number of amides is 1. The van der Waals surface area contributed by atoms with Crippen LogP contribution in [0.25, 0.3) is 0 Å². The Labute approximate surface area is 121 Å². The van der Waals surface area contributed by atoms with Crippen LogP contribution in [0.3, 0.4) is 0 Å². The lowest BCUT2D eigenvalue weighted by Crippen LogP contribution is -2.33. The van der Waals surface area contributed by atoms with Crippen LogP contribution in [-0.4, -0.2) is 39.8 Å². The number of carbonyl (C=O) groups excluding carboxylic acids is 1. The zero-order valence-electron chi connectivity index (χ0n) is 11.9. The van der Waals surface area contributed by atoms with Crippen molar-refractivity contribution in [3.05, 3.63) is 46.6 Å². The minimum Gasteiger partial charge on any atom is -0.349 e. The normalized spacial score (nSPS) is 10.2. The maximum absolute atomic E-state index is 11.8. The summed E-state index contributed by atoms with van der Waals surface area (Å²) in [4.78, 5) is 33.4. The molecule has 2 aromatic rings. The lowest BCUT2D eigenvalue weighted by Gasteiger charge is -2.11. The van der Waals surface area contributed by atoms with E-state index < -0.39 is 0 Å². The van der Waals surface area contributed by atoms with Crippen LogP contribution in [0.2, 0.25) is 0 Å². The van der Waals surface area contributed by atoms with E-state index in [1.54, 1.807) is 17.2 Å². The molecule has 1 amide bonds. The third-order valence-electron chi connectivity index (χ3n) is 2.65. The maximum atomic E-state index is 11.8. The molecule has 1 N–H and O–H groups in total. The predicted octanol–water partition coefficient (Wildman–Crippen LogP) is -0.584. The molecule has 0 saturated carbocycles. The molecular weight excluding hydrogens is 272 g/mol. The van der Waals surface area contributed by atoms with Crippen molar-refractivity contribution in [2.45, 2.75) is 13.1 Å². The third-order valence-corrected chi connectivity index (χ3v) is 2.65. The zero-order valence-corrected chi connectivity index (χ0v) is 11.9. The molecule has 0 spiro atoms. The van der Waals surface area contributed by atoms with Gasteiger partial charge in [0.2, 0.25) is 11.9 Å². The van der Waals surface area contributed by atoms with E-state index in [1.165, 1.54) is 18.3 Å². The average Bonchev–Trinajstić information content (AvgIpc) is 2.48. The van der Waals surface area contributed by atoms with E-state index in [-0.39, 0.29) is 24.6 Å². The molecular formula is C13H16N6O2. The highest BCUT2D eigenvalue weighted by Gasteiger charge is 2.06. The molecule has 2 rings (SSSR count). The minimum absolute atomic E-state index is 0.120. The minimum atomic E-state index is -0.315. The van der Waals surface area contributed by atoms with Crippen LogP contribution in [0.5, 0.6) is 0 Å². The van der Waals surface area contributed by atoms with Crippen LogP contribution < -0.4 is 15.8 Å². The van der Waals surface area contributed by atoms with Crippen LogP contribution in [0.4, 0.5) is 5.95 Å². The van der Waals surface area contributed by atoms with Crippen molar-refractivity contribution >= 4 is 11.9 Å². The van der Waals surface area contributed by atoms with Crippen molar-refractivity contribution in [3.63, 3.8) is 0 Å². The highest BCUT2D eigenvalue weighted by atomic mass is 16.2. The van der Waals surface area contributed by atoms with Gasteiger partial charge in [-0.2, -0.15) is 5.10 Å². The van der Waals surface area contributed by atoms with Crippen molar-refractivity contribution in [2.24, 2.45) is 0 Å². The average molecular weight is 288 g/mol. The van der Waals surface area contributed by atoms with Gasteiger partial charge in [0.1, 0.15) is 6.54 Å². The summed E-state index contributed by atoms with van der Waals surface area (Å²) < 4.78 is 1.10. The first-order valence-corrected chi connectivity index (χ1v) is 6.34. The number of carbonyl (C=O) groups is 1. The van der Waals surface area contributed by atoms with Gasteiger partial charge < -0.3 is 10.2 Å². The van der Waals surface area contributed by atoms with Gasteiger partial charge in [-0.05, 0) is 12.1 Å². The second-order valence-electron chi connectivity index (χ2n) is 4.54. The molecule has 0 aliphatic rings. The molecule has 0 aromatic carbocycles. The fraction of sp³-hybridized carbons (Fsp3) is 0.308. The van der Waals surface area contributed by atoms with Crippen molar-refractivity contribution in [1.82, 2.24) is 25.1 Å². The molecule has 0 atom stereocenters. The summed E-state index contributed by atoms with van der Waals surface area (Å²) in [7, 11) is 3.68. The Morgan fingerprint density at radius 2 is 2.14 bits per heavy atom. The van der Waals surface area contributed by atoms with Gasteiger partial charge >= 0.3 is 0 Å². The molecule has 0 unspecified atom stereocenters. The third kappa shape index (κ3) is 4.10. The molecule has 0 fully saturated rings. The van der Waals surface area contributed by atoms with Gasteiger partial charge in [-0.3, -0.25) is 9.59 Å². The Bertz CT molecular complexity index is 682. The quantitative estimate of drug-likeness (QED) is 0.791. The molecule has 0 aliphatic carbocycles. The Balaban J connectivity index is 1.94. The monoisotopic (exact) mass is 288 g/mol. The van der Waals surface area contributed by atoms with E-state index in [2.05, 4.69) is 20.4 Å². The molecule has 21 heavy (non-hydrogen) atoms. The number of hydrogen-bond acceptors (Lipinski definition) is 6. The summed E-state index contributed by atoms with van der Waals surface area (Å²) in [6.45, 7) is 0.148. The Morgan fingerprint density at radius 1 is 1.33 bits per heavy atom. The van der Waals surface area contributed by atoms with E-state index in [9.17, 15) is 9.59 Å². The van der Waals surface area contributed by atoms with Crippen LogP contribution >= 0.6 is 0 Å². The molecule has 0 saturated heterocycles. The zero-order chi connectivity index (χ0) is 15.2. The highest BCUT2D eigenvalue weighted by molar-refractivity contribution is 5.75. The van der Waals surface area contributed by atoms with Crippen LogP contribution in [0.15, 0.2) is 35.4 Å². The molecule has 2 aromatic heterocycles. The second kappa shape index (κ2) is 6.60. The highest BCUT2D eigenvalue weighted by Crippen LogP contribution is 2.02. The van der Waals surface area contributed by atoms with Gasteiger partial charge in [-0.25, -0.2) is 14.6 Å². The summed E-state index contributed by atoms with van der Waals surface area (Å²) in [5.41, 5.74) is 0.375. The number of rotatable bonds is 5. The van der Waals surface area contributed by atoms with Gasteiger partial charge in [0, 0.05) is 32.6 Å². The summed E-state index contributed by atoms with van der Waals surface area (Å²) >= 11 is 0. The summed E-state index contributed by atoms with van der Waals surface area (Å²) in [5.74, 6) is 0.267. The molecule has 110 valence electrons. The Kier molecular flexibility index (Phi) is 4.60.